The summed E-state index contributed by atoms with van der Waals surface area (Å²) in [6.07, 6.45) is 0.755. The van der Waals surface area contributed by atoms with E-state index in [1.807, 2.05) is 42.5 Å². The van der Waals surface area contributed by atoms with Gasteiger partial charge in [-0.05, 0) is 41.8 Å². The Bertz CT molecular complexity index is 907. The van der Waals surface area contributed by atoms with Crippen molar-refractivity contribution in [2.24, 2.45) is 0 Å². The van der Waals surface area contributed by atoms with Crippen LogP contribution in [0, 0.1) is 0 Å². The van der Waals surface area contributed by atoms with Crippen LogP contribution in [0.1, 0.15) is 27.4 Å². The number of carbonyl (C=O) groups is 1. The Balaban J connectivity index is 1.47. The van der Waals surface area contributed by atoms with Crippen molar-refractivity contribution in [2.45, 2.75) is 17.9 Å². The number of amides is 1. The molecule has 0 radical (unpaired) electrons. The van der Waals surface area contributed by atoms with Gasteiger partial charge in [-0.2, -0.15) is 0 Å². The minimum Gasteiger partial charge on any atom is -0.455 e. The molecule has 1 heterocycles. The zero-order chi connectivity index (χ0) is 19.1. The zero-order valence-electron chi connectivity index (χ0n) is 14.7. The number of benzene rings is 2. The van der Waals surface area contributed by atoms with Crippen LogP contribution in [0.15, 0.2) is 71.1 Å². The molecule has 0 saturated heterocycles. The summed E-state index contributed by atoms with van der Waals surface area (Å²) in [5, 5.41) is 3.49. The molecule has 1 aromatic heterocycles. The summed E-state index contributed by atoms with van der Waals surface area (Å²) < 4.78 is 17.8. The summed E-state index contributed by atoms with van der Waals surface area (Å²) >= 11 is 5.85. The lowest BCUT2D eigenvalue weighted by atomic mass is 10.1. The Morgan fingerprint density at radius 2 is 1.67 bits per heavy atom. The van der Waals surface area contributed by atoms with E-state index in [1.165, 1.54) is 0 Å². The first-order chi connectivity index (χ1) is 13.1. The molecule has 0 spiro atoms. The first kappa shape index (κ1) is 19.4. The average Bonchev–Trinajstić information content (AvgIpc) is 3.13. The van der Waals surface area contributed by atoms with Crippen molar-refractivity contribution in [1.82, 2.24) is 5.32 Å². The predicted octanol–water partition coefficient (Wildman–Crippen LogP) is 4.35. The Kier molecular flexibility index (Phi) is 6.85. The molecule has 1 amide bonds. The largest absolute Gasteiger partial charge is 0.455 e. The molecule has 0 aliphatic heterocycles. The monoisotopic (exact) mass is 401 g/mol. The SMILES string of the molecule is O=C(NCCc1ccccc1)c1ccc(C[S@](=O)Cc2ccc(Cl)cc2)o1. The third kappa shape index (κ3) is 6.08. The molecule has 1 N–H and O–H groups in total. The summed E-state index contributed by atoms with van der Waals surface area (Å²) in [6, 6.07) is 20.5. The minimum absolute atomic E-state index is 0.238. The van der Waals surface area contributed by atoms with E-state index in [0.717, 1.165) is 17.5 Å². The molecule has 4 nitrogen and oxygen atoms in total. The first-order valence-corrected chi connectivity index (χ1v) is 10.5. The van der Waals surface area contributed by atoms with Crippen LogP contribution in [0.5, 0.6) is 0 Å². The van der Waals surface area contributed by atoms with Crippen LogP contribution in [-0.2, 0) is 28.7 Å². The van der Waals surface area contributed by atoms with Gasteiger partial charge in [0, 0.05) is 28.1 Å². The van der Waals surface area contributed by atoms with Crippen LogP contribution in [0.25, 0.3) is 0 Å². The topological polar surface area (TPSA) is 59.3 Å². The van der Waals surface area contributed by atoms with Crippen LogP contribution >= 0.6 is 11.6 Å². The number of halogens is 1. The van der Waals surface area contributed by atoms with Gasteiger partial charge in [-0.1, -0.05) is 54.1 Å². The van der Waals surface area contributed by atoms with E-state index < -0.39 is 10.8 Å². The highest BCUT2D eigenvalue weighted by atomic mass is 35.5. The van der Waals surface area contributed by atoms with Crippen LogP contribution in [0.3, 0.4) is 0 Å². The number of hydrogen-bond donors (Lipinski definition) is 1. The highest BCUT2D eigenvalue weighted by Crippen LogP contribution is 2.15. The molecule has 6 heteroatoms. The van der Waals surface area contributed by atoms with E-state index in [0.29, 0.717) is 23.1 Å². The van der Waals surface area contributed by atoms with Crippen molar-refractivity contribution in [1.29, 1.82) is 0 Å². The maximum absolute atomic E-state index is 12.3. The molecule has 0 aliphatic rings. The molecule has 0 bridgehead atoms. The summed E-state index contributed by atoms with van der Waals surface area (Å²) in [4.78, 5) is 12.2. The van der Waals surface area contributed by atoms with Gasteiger partial charge >= 0.3 is 0 Å². The molecule has 140 valence electrons. The fourth-order valence-corrected chi connectivity index (χ4v) is 3.87. The highest BCUT2D eigenvalue weighted by Gasteiger charge is 2.13. The molecule has 0 unspecified atom stereocenters. The molecular weight excluding hydrogens is 382 g/mol. The van der Waals surface area contributed by atoms with Crippen LogP contribution in [0.4, 0.5) is 0 Å². The molecular formula is C21H20ClNO3S. The predicted molar refractivity (Wildman–Crippen MR) is 108 cm³/mol. The molecule has 3 rings (SSSR count). The van der Waals surface area contributed by atoms with Crippen molar-refractivity contribution in [3.8, 4) is 0 Å². The number of furan rings is 1. The summed E-state index contributed by atoms with van der Waals surface area (Å²) in [6.45, 7) is 0.529. The second-order valence-corrected chi connectivity index (χ2v) is 8.01. The maximum Gasteiger partial charge on any atom is 0.287 e. The first-order valence-electron chi connectivity index (χ1n) is 8.60. The summed E-state index contributed by atoms with van der Waals surface area (Å²) in [5.74, 6) is 1.19. The number of nitrogens with one attached hydrogen (secondary N) is 1. The fourth-order valence-electron chi connectivity index (χ4n) is 2.61. The van der Waals surface area contributed by atoms with Gasteiger partial charge in [0.1, 0.15) is 5.76 Å². The molecule has 1 atom stereocenters. The molecule has 3 aromatic rings. The Morgan fingerprint density at radius 3 is 2.41 bits per heavy atom. The van der Waals surface area contributed by atoms with E-state index in [2.05, 4.69) is 5.32 Å². The number of rotatable bonds is 8. The molecule has 2 aromatic carbocycles. The Morgan fingerprint density at radius 1 is 0.926 bits per heavy atom. The van der Waals surface area contributed by atoms with E-state index in [-0.39, 0.29) is 17.4 Å². The highest BCUT2D eigenvalue weighted by molar-refractivity contribution is 7.83. The lowest BCUT2D eigenvalue weighted by molar-refractivity contribution is 0.0925. The van der Waals surface area contributed by atoms with Gasteiger partial charge in [-0.25, -0.2) is 0 Å². The molecule has 0 aliphatic carbocycles. The third-order valence-corrected chi connectivity index (χ3v) is 5.49. The van der Waals surface area contributed by atoms with Gasteiger partial charge in [0.2, 0.25) is 0 Å². The second-order valence-electron chi connectivity index (χ2n) is 6.11. The van der Waals surface area contributed by atoms with Crippen molar-refractivity contribution in [3.05, 3.63) is 94.4 Å². The van der Waals surface area contributed by atoms with Gasteiger partial charge in [0.05, 0.1) is 5.75 Å². The van der Waals surface area contributed by atoms with Gasteiger partial charge < -0.3 is 9.73 Å². The van der Waals surface area contributed by atoms with Crippen molar-refractivity contribution >= 4 is 28.3 Å². The van der Waals surface area contributed by atoms with Gasteiger partial charge in [-0.3, -0.25) is 9.00 Å². The second kappa shape index (κ2) is 9.53. The van der Waals surface area contributed by atoms with Crippen LogP contribution in [0.2, 0.25) is 5.02 Å². The van der Waals surface area contributed by atoms with E-state index in [9.17, 15) is 9.00 Å². The van der Waals surface area contributed by atoms with Crippen LogP contribution < -0.4 is 5.32 Å². The summed E-state index contributed by atoms with van der Waals surface area (Å²) in [7, 11) is -1.13. The van der Waals surface area contributed by atoms with Crippen molar-refractivity contribution in [2.75, 3.05) is 6.54 Å². The van der Waals surface area contributed by atoms with Gasteiger partial charge in [-0.15, -0.1) is 0 Å². The lowest BCUT2D eigenvalue weighted by Gasteiger charge is -2.04. The maximum atomic E-state index is 12.3. The normalized spacial score (nSPS) is 11.9. The third-order valence-electron chi connectivity index (χ3n) is 3.97. The van der Waals surface area contributed by atoms with Crippen LogP contribution in [-0.4, -0.2) is 16.7 Å². The average molecular weight is 402 g/mol. The van der Waals surface area contributed by atoms with E-state index >= 15 is 0 Å². The quantitative estimate of drug-likeness (QED) is 0.610. The Labute approximate surface area is 166 Å². The summed E-state index contributed by atoms with van der Waals surface area (Å²) in [5.41, 5.74) is 2.11. The van der Waals surface area contributed by atoms with E-state index in [1.54, 1.807) is 24.3 Å². The smallest absolute Gasteiger partial charge is 0.287 e. The van der Waals surface area contributed by atoms with E-state index in [4.69, 9.17) is 16.0 Å². The minimum atomic E-state index is -1.13. The lowest BCUT2D eigenvalue weighted by Crippen LogP contribution is -2.25. The Hall–Kier alpha value is -2.37. The van der Waals surface area contributed by atoms with Crippen molar-refractivity contribution in [3.63, 3.8) is 0 Å². The fraction of sp³-hybridized carbons (Fsp3) is 0.190. The molecule has 0 saturated carbocycles. The van der Waals surface area contributed by atoms with Gasteiger partial charge in [0.15, 0.2) is 5.76 Å². The zero-order valence-corrected chi connectivity index (χ0v) is 16.3. The molecule has 27 heavy (non-hydrogen) atoms. The number of hydrogen-bond acceptors (Lipinski definition) is 3. The van der Waals surface area contributed by atoms with Crippen molar-refractivity contribution < 1.29 is 13.4 Å². The van der Waals surface area contributed by atoms with Gasteiger partial charge in [0.25, 0.3) is 5.91 Å². The number of carbonyl (C=O) groups excluding carboxylic acids is 1. The molecule has 0 fully saturated rings. The standard InChI is InChI=1S/C21H20ClNO3S/c22-18-8-6-17(7-9-18)14-27(25)15-19-10-11-20(26-19)21(24)23-13-12-16-4-2-1-3-5-16/h1-11H,12-15H2,(H,23,24)/t27-/m1/s1.